The van der Waals surface area contributed by atoms with Crippen LogP contribution in [0.3, 0.4) is 0 Å². The van der Waals surface area contributed by atoms with Gasteiger partial charge in [0.1, 0.15) is 5.75 Å². The molecule has 2 N–H and O–H groups in total. The number of benzene rings is 2. The first kappa shape index (κ1) is 16.3. The molecule has 4 nitrogen and oxygen atoms in total. The number of aromatic hydroxyl groups is 1. The molecule has 3 rings (SSSR count). The van der Waals surface area contributed by atoms with E-state index in [0.29, 0.717) is 6.54 Å². The van der Waals surface area contributed by atoms with Gasteiger partial charge in [0.25, 0.3) is 0 Å². The van der Waals surface area contributed by atoms with Gasteiger partial charge in [0.2, 0.25) is 5.91 Å². The summed E-state index contributed by atoms with van der Waals surface area (Å²) in [4.78, 5) is 14.4. The highest BCUT2D eigenvalue weighted by Crippen LogP contribution is 2.24. The second kappa shape index (κ2) is 7.32. The molecule has 0 atom stereocenters. The van der Waals surface area contributed by atoms with Crippen molar-refractivity contribution in [1.29, 1.82) is 0 Å². The van der Waals surface area contributed by atoms with Gasteiger partial charge in [-0.3, -0.25) is 9.69 Å². The third-order valence-electron chi connectivity index (χ3n) is 4.32. The number of amides is 1. The van der Waals surface area contributed by atoms with Crippen LogP contribution >= 0.6 is 0 Å². The van der Waals surface area contributed by atoms with E-state index >= 15 is 0 Å². The van der Waals surface area contributed by atoms with Crippen LogP contribution in [-0.4, -0.2) is 35.5 Å². The molecule has 1 amide bonds. The number of rotatable bonds is 4. The van der Waals surface area contributed by atoms with Crippen molar-refractivity contribution in [2.24, 2.45) is 0 Å². The van der Waals surface area contributed by atoms with Gasteiger partial charge in [-0.1, -0.05) is 36.4 Å². The summed E-state index contributed by atoms with van der Waals surface area (Å²) in [7, 11) is 0. The number of phenolic OH excluding ortho intramolecular Hbond substituents is 1. The van der Waals surface area contributed by atoms with Crippen molar-refractivity contribution in [3.63, 3.8) is 0 Å². The molecule has 0 bridgehead atoms. The molecule has 0 saturated carbocycles. The van der Waals surface area contributed by atoms with E-state index in [4.69, 9.17) is 0 Å². The van der Waals surface area contributed by atoms with Crippen LogP contribution in [0.15, 0.2) is 54.6 Å². The lowest BCUT2D eigenvalue weighted by atomic mass is 9.99. The maximum absolute atomic E-state index is 12.2. The Kier molecular flexibility index (Phi) is 4.96. The van der Waals surface area contributed by atoms with E-state index in [2.05, 4.69) is 16.3 Å². The molecule has 0 fully saturated rings. The molecule has 4 heteroatoms. The highest BCUT2D eigenvalue weighted by atomic mass is 16.3. The topological polar surface area (TPSA) is 52.6 Å². The van der Waals surface area contributed by atoms with Crippen LogP contribution in [0.2, 0.25) is 0 Å². The van der Waals surface area contributed by atoms with E-state index < -0.39 is 0 Å². The highest BCUT2D eigenvalue weighted by molar-refractivity contribution is 5.93. The van der Waals surface area contributed by atoms with Crippen LogP contribution in [0, 0.1) is 6.92 Å². The summed E-state index contributed by atoms with van der Waals surface area (Å²) in [6.07, 6.45) is 3.07. The third kappa shape index (κ3) is 4.03. The predicted octanol–water partition coefficient (Wildman–Crippen LogP) is 3.43. The van der Waals surface area contributed by atoms with Crippen molar-refractivity contribution in [3.05, 3.63) is 65.7 Å². The van der Waals surface area contributed by atoms with E-state index in [1.54, 1.807) is 12.1 Å². The zero-order valence-corrected chi connectivity index (χ0v) is 13.8. The quantitative estimate of drug-likeness (QED) is 0.907. The van der Waals surface area contributed by atoms with Crippen molar-refractivity contribution in [2.45, 2.75) is 13.3 Å². The number of hydrogen-bond acceptors (Lipinski definition) is 3. The van der Waals surface area contributed by atoms with E-state index in [1.165, 1.54) is 5.57 Å². The van der Waals surface area contributed by atoms with Gasteiger partial charge in [-0.15, -0.1) is 0 Å². The van der Waals surface area contributed by atoms with Crippen molar-refractivity contribution in [1.82, 2.24) is 4.90 Å². The average Bonchev–Trinajstić information content (AvgIpc) is 2.58. The van der Waals surface area contributed by atoms with Gasteiger partial charge in [-0.25, -0.2) is 0 Å². The van der Waals surface area contributed by atoms with Crippen LogP contribution in [0.1, 0.15) is 17.5 Å². The molecule has 0 spiro atoms. The fourth-order valence-electron chi connectivity index (χ4n) is 2.90. The van der Waals surface area contributed by atoms with Crippen molar-refractivity contribution >= 4 is 17.2 Å². The summed E-state index contributed by atoms with van der Waals surface area (Å²) in [5.74, 6) is 0.301. The molecule has 0 aromatic heterocycles. The van der Waals surface area contributed by atoms with Crippen LogP contribution < -0.4 is 5.32 Å². The van der Waals surface area contributed by atoms with E-state index in [9.17, 15) is 9.90 Å². The molecular weight excluding hydrogens is 300 g/mol. The molecule has 2 aromatic rings. The van der Waals surface area contributed by atoms with Gasteiger partial charge in [-0.2, -0.15) is 0 Å². The van der Waals surface area contributed by atoms with Crippen LogP contribution in [-0.2, 0) is 4.79 Å². The first-order chi connectivity index (χ1) is 11.6. The lowest BCUT2D eigenvalue weighted by Crippen LogP contribution is -2.36. The number of anilines is 1. The number of carbonyl (C=O) groups excluding carboxylic acids is 1. The summed E-state index contributed by atoms with van der Waals surface area (Å²) in [6, 6.07) is 15.1. The Labute approximate surface area is 142 Å². The fourth-order valence-corrected chi connectivity index (χ4v) is 2.90. The van der Waals surface area contributed by atoms with Crippen molar-refractivity contribution < 1.29 is 9.90 Å². The van der Waals surface area contributed by atoms with Crippen molar-refractivity contribution in [3.8, 4) is 5.75 Å². The normalized spacial score (nSPS) is 15.0. The zero-order valence-electron chi connectivity index (χ0n) is 13.8. The van der Waals surface area contributed by atoms with Crippen molar-refractivity contribution in [2.75, 3.05) is 25.0 Å². The standard InChI is InChI=1S/C20H22N2O2/c1-15-4-2-3-5-19(15)21-20(24)14-22-12-10-17(11-13-22)16-6-8-18(23)9-7-16/h2-10,23H,11-14H2,1H3,(H,21,24). The lowest BCUT2D eigenvalue weighted by molar-refractivity contribution is -0.117. The molecule has 1 aliphatic heterocycles. The Morgan fingerprint density at radius 3 is 2.58 bits per heavy atom. The summed E-state index contributed by atoms with van der Waals surface area (Å²) in [6.45, 7) is 4.00. The SMILES string of the molecule is Cc1ccccc1NC(=O)CN1CC=C(c2ccc(O)cc2)CC1. The third-order valence-corrected chi connectivity index (χ3v) is 4.32. The summed E-state index contributed by atoms with van der Waals surface area (Å²) in [5.41, 5.74) is 4.35. The fraction of sp³-hybridized carbons (Fsp3) is 0.250. The van der Waals surface area contributed by atoms with Crippen LogP contribution in [0.25, 0.3) is 5.57 Å². The highest BCUT2D eigenvalue weighted by Gasteiger charge is 2.16. The summed E-state index contributed by atoms with van der Waals surface area (Å²) >= 11 is 0. The van der Waals surface area contributed by atoms with Crippen LogP contribution in [0.4, 0.5) is 5.69 Å². The minimum atomic E-state index is 0.0192. The van der Waals surface area contributed by atoms with E-state index in [-0.39, 0.29) is 11.7 Å². The zero-order chi connectivity index (χ0) is 16.9. The molecular formula is C20H22N2O2. The molecule has 0 radical (unpaired) electrons. The minimum absolute atomic E-state index is 0.0192. The van der Waals surface area contributed by atoms with Gasteiger partial charge >= 0.3 is 0 Å². The average molecular weight is 322 g/mol. The van der Waals surface area contributed by atoms with Gasteiger partial charge < -0.3 is 10.4 Å². The Morgan fingerprint density at radius 2 is 1.92 bits per heavy atom. The van der Waals surface area contributed by atoms with Gasteiger partial charge in [0, 0.05) is 18.8 Å². The number of para-hydroxylation sites is 1. The molecule has 0 aliphatic carbocycles. The second-order valence-corrected chi connectivity index (χ2v) is 6.12. The Morgan fingerprint density at radius 1 is 1.17 bits per heavy atom. The van der Waals surface area contributed by atoms with E-state index in [0.717, 1.165) is 36.3 Å². The lowest BCUT2D eigenvalue weighted by Gasteiger charge is -2.26. The van der Waals surface area contributed by atoms with Gasteiger partial charge in [0.15, 0.2) is 0 Å². The first-order valence-corrected chi connectivity index (χ1v) is 8.18. The molecule has 2 aromatic carbocycles. The maximum atomic E-state index is 12.2. The summed E-state index contributed by atoms with van der Waals surface area (Å²) < 4.78 is 0. The molecule has 1 heterocycles. The molecule has 0 saturated heterocycles. The van der Waals surface area contributed by atoms with Gasteiger partial charge in [-0.05, 0) is 48.2 Å². The molecule has 1 aliphatic rings. The number of nitrogens with zero attached hydrogens (tertiary/aromatic N) is 1. The molecule has 124 valence electrons. The monoisotopic (exact) mass is 322 g/mol. The number of carbonyl (C=O) groups is 1. The first-order valence-electron chi connectivity index (χ1n) is 8.18. The second-order valence-electron chi connectivity index (χ2n) is 6.12. The number of aryl methyl sites for hydroxylation is 1. The number of hydrogen-bond donors (Lipinski definition) is 2. The Bertz CT molecular complexity index is 750. The largest absolute Gasteiger partial charge is 0.508 e. The van der Waals surface area contributed by atoms with E-state index in [1.807, 2.05) is 43.3 Å². The van der Waals surface area contributed by atoms with Crippen LogP contribution in [0.5, 0.6) is 5.75 Å². The minimum Gasteiger partial charge on any atom is -0.508 e. The smallest absolute Gasteiger partial charge is 0.238 e. The molecule has 0 unspecified atom stereocenters. The number of nitrogens with one attached hydrogen (secondary N) is 1. The molecule has 24 heavy (non-hydrogen) atoms. The Balaban J connectivity index is 1.56. The summed E-state index contributed by atoms with van der Waals surface area (Å²) in [5, 5.41) is 12.3. The van der Waals surface area contributed by atoms with Gasteiger partial charge in [0.05, 0.1) is 6.54 Å². The predicted molar refractivity (Wildman–Crippen MR) is 96.9 cm³/mol. The Hall–Kier alpha value is -2.59. The number of phenols is 1. The maximum Gasteiger partial charge on any atom is 0.238 e.